The lowest BCUT2D eigenvalue weighted by atomic mass is 9.96. The Balaban J connectivity index is 2.62. The summed E-state index contributed by atoms with van der Waals surface area (Å²) >= 11 is 12.9. The van der Waals surface area contributed by atoms with Crippen LogP contribution in [0.5, 0.6) is 11.5 Å². The minimum Gasteiger partial charge on any atom is -0.496 e. The zero-order valence-electron chi connectivity index (χ0n) is 11.7. The van der Waals surface area contributed by atoms with E-state index in [1.54, 1.807) is 14.2 Å². The van der Waals surface area contributed by atoms with Gasteiger partial charge in [0.1, 0.15) is 11.5 Å². The van der Waals surface area contributed by atoms with Crippen molar-refractivity contribution in [3.8, 4) is 11.5 Å². The molecule has 104 valence electrons. The summed E-state index contributed by atoms with van der Waals surface area (Å²) in [5.41, 5.74) is 4.04. The molecule has 0 amide bonds. The number of benzene rings is 2. The summed E-state index contributed by atoms with van der Waals surface area (Å²) < 4.78 is 11.0. The molecule has 0 radical (unpaired) electrons. The van der Waals surface area contributed by atoms with E-state index >= 15 is 0 Å². The van der Waals surface area contributed by atoms with Gasteiger partial charge in [-0.25, -0.2) is 0 Å². The third-order valence-corrected chi connectivity index (χ3v) is 4.65. The van der Waals surface area contributed by atoms with E-state index < -0.39 is 0 Å². The zero-order valence-corrected chi connectivity index (χ0v) is 13.2. The summed E-state index contributed by atoms with van der Waals surface area (Å²) in [6.45, 7) is 4.02. The Morgan fingerprint density at radius 3 is 1.50 bits per heavy atom. The van der Waals surface area contributed by atoms with Crippen molar-refractivity contribution in [3.05, 3.63) is 34.4 Å². The van der Waals surface area contributed by atoms with Crippen LogP contribution in [0, 0.1) is 13.8 Å². The van der Waals surface area contributed by atoms with Crippen LogP contribution in [0.4, 0.5) is 0 Å². The van der Waals surface area contributed by atoms with Crippen LogP contribution in [0.3, 0.4) is 0 Å². The smallest absolute Gasteiger partial charge is 0.130 e. The molecule has 1 aliphatic carbocycles. The predicted molar refractivity (Wildman–Crippen MR) is 85.0 cm³/mol. The van der Waals surface area contributed by atoms with Gasteiger partial charge in [-0.1, -0.05) is 23.2 Å². The first-order valence-electron chi connectivity index (χ1n) is 6.26. The molecule has 0 atom stereocenters. The van der Waals surface area contributed by atoms with Crippen molar-refractivity contribution in [2.24, 2.45) is 0 Å². The Hall–Kier alpha value is -1.38. The van der Waals surface area contributed by atoms with Gasteiger partial charge in [0.15, 0.2) is 0 Å². The maximum absolute atomic E-state index is 6.43. The van der Waals surface area contributed by atoms with Gasteiger partial charge in [-0.3, -0.25) is 0 Å². The van der Waals surface area contributed by atoms with E-state index in [1.165, 1.54) is 0 Å². The van der Waals surface area contributed by atoms with Crippen LogP contribution in [0.15, 0.2) is 12.1 Å². The molecule has 0 saturated heterocycles. The summed E-state index contributed by atoms with van der Waals surface area (Å²) in [5, 5.41) is 3.14. The van der Waals surface area contributed by atoms with Crippen LogP contribution >= 0.6 is 23.2 Å². The van der Waals surface area contributed by atoms with Crippen molar-refractivity contribution in [2.75, 3.05) is 14.2 Å². The van der Waals surface area contributed by atoms with E-state index in [1.807, 2.05) is 26.0 Å². The molecule has 0 saturated carbocycles. The second kappa shape index (κ2) is 4.57. The molecule has 0 heterocycles. The second-order valence-corrected chi connectivity index (χ2v) is 5.68. The van der Waals surface area contributed by atoms with Crippen LogP contribution in [0.2, 0.25) is 0 Å². The molecule has 1 aliphatic rings. The number of hydrogen-bond donors (Lipinski definition) is 0. The largest absolute Gasteiger partial charge is 0.496 e. The van der Waals surface area contributed by atoms with E-state index in [9.17, 15) is 0 Å². The molecule has 0 fully saturated rings. The average molecular weight is 309 g/mol. The molecule has 20 heavy (non-hydrogen) atoms. The first kappa shape index (κ1) is 13.6. The lowest BCUT2D eigenvalue weighted by Gasteiger charge is -2.15. The molecule has 2 aromatic rings. The average Bonchev–Trinajstić information content (AvgIpc) is 2.69. The van der Waals surface area contributed by atoms with Gasteiger partial charge >= 0.3 is 0 Å². The fraction of sp³-hybridized carbons (Fsp3) is 0.250. The van der Waals surface area contributed by atoms with Gasteiger partial charge in [0.25, 0.3) is 0 Å². The van der Waals surface area contributed by atoms with E-state index in [0.717, 1.165) is 44.5 Å². The first-order valence-corrected chi connectivity index (χ1v) is 7.01. The third-order valence-electron chi connectivity index (χ3n) is 3.80. The monoisotopic (exact) mass is 308 g/mol. The third kappa shape index (κ3) is 1.58. The summed E-state index contributed by atoms with van der Waals surface area (Å²) in [7, 11) is 3.31. The number of ether oxygens (including phenoxy) is 2. The Morgan fingerprint density at radius 2 is 1.15 bits per heavy atom. The molecule has 0 N–H and O–H groups in total. The van der Waals surface area contributed by atoms with Crippen molar-refractivity contribution >= 4 is 44.0 Å². The van der Waals surface area contributed by atoms with E-state index in [2.05, 4.69) is 0 Å². The molecule has 2 aromatic carbocycles. The number of halogens is 2. The van der Waals surface area contributed by atoms with Gasteiger partial charge in [0.05, 0.1) is 29.7 Å². The van der Waals surface area contributed by atoms with Gasteiger partial charge in [-0.15, -0.1) is 0 Å². The van der Waals surface area contributed by atoms with Crippen molar-refractivity contribution in [3.63, 3.8) is 0 Å². The second-order valence-electron chi connectivity index (χ2n) is 4.92. The molecule has 0 unspecified atom stereocenters. The molecule has 0 bridgehead atoms. The first-order chi connectivity index (χ1) is 9.51. The van der Waals surface area contributed by atoms with Gasteiger partial charge in [-0.2, -0.15) is 0 Å². The standard InChI is InChI=1S/C16H14Cl2O2/c1-7-5-9(19-3)13-10(20-4)6-8(2)12-14(13)11(7)15(17)16(12)18/h5-6H,1-4H3. The van der Waals surface area contributed by atoms with Gasteiger partial charge in [0.2, 0.25) is 0 Å². The van der Waals surface area contributed by atoms with Crippen molar-refractivity contribution < 1.29 is 9.47 Å². The molecule has 0 spiro atoms. The van der Waals surface area contributed by atoms with Gasteiger partial charge in [-0.05, 0) is 37.1 Å². The predicted octanol–water partition coefficient (Wildman–Crippen LogP) is 5.09. The Labute approximate surface area is 127 Å². The topological polar surface area (TPSA) is 18.5 Å². The van der Waals surface area contributed by atoms with Crippen LogP contribution < -0.4 is 9.47 Å². The minimum absolute atomic E-state index is 0.600. The van der Waals surface area contributed by atoms with Gasteiger partial charge < -0.3 is 9.47 Å². The quantitative estimate of drug-likeness (QED) is 0.769. The summed E-state index contributed by atoms with van der Waals surface area (Å²) in [5.74, 6) is 1.55. The molecule has 4 heteroatoms. The highest BCUT2D eigenvalue weighted by molar-refractivity contribution is 6.68. The maximum Gasteiger partial charge on any atom is 0.130 e. The minimum atomic E-state index is 0.600. The molecule has 2 nitrogen and oxygen atoms in total. The Morgan fingerprint density at radius 1 is 0.750 bits per heavy atom. The van der Waals surface area contributed by atoms with E-state index in [4.69, 9.17) is 32.7 Å². The Bertz CT molecular complexity index is 715. The Kier molecular flexibility index (Phi) is 3.11. The molecular formula is C16H14Cl2O2. The van der Waals surface area contributed by atoms with Crippen LogP contribution in [-0.2, 0) is 0 Å². The fourth-order valence-electron chi connectivity index (χ4n) is 2.93. The van der Waals surface area contributed by atoms with Crippen LogP contribution in [-0.4, -0.2) is 14.2 Å². The molecule has 0 aliphatic heterocycles. The number of hydrogen-bond acceptors (Lipinski definition) is 2. The van der Waals surface area contributed by atoms with E-state index in [0.29, 0.717) is 10.1 Å². The highest BCUT2D eigenvalue weighted by Crippen LogP contribution is 2.53. The molecule has 0 aromatic heterocycles. The van der Waals surface area contributed by atoms with Crippen molar-refractivity contribution in [1.29, 1.82) is 0 Å². The number of rotatable bonds is 2. The van der Waals surface area contributed by atoms with Crippen LogP contribution in [0.25, 0.3) is 20.8 Å². The summed E-state index contributed by atoms with van der Waals surface area (Å²) in [6.07, 6.45) is 0. The number of methoxy groups -OCH3 is 2. The highest BCUT2D eigenvalue weighted by Gasteiger charge is 2.29. The van der Waals surface area contributed by atoms with Gasteiger partial charge in [0, 0.05) is 16.5 Å². The zero-order chi connectivity index (χ0) is 14.6. The molecular weight excluding hydrogens is 295 g/mol. The fourth-order valence-corrected chi connectivity index (χ4v) is 3.60. The van der Waals surface area contributed by atoms with E-state index in [-0.39, 0.29) is 0 Å². The van der Waals surface area contributed by atoms with Crippen LogP contribution in [0.1, 0.15) is 22.3 Å². The lowest BCUT2D eigenvalue weighted by molar-refractivity contribution is 0.404. The van der Waals surface area contributed by atoms with Crippen molar-refractivity contribution in [2.45, 2.75) is 13.8 Å². The normalized spacial score (nSPS) is 13.3. The SMILES string of the molecule is COc1cc(C)c2c3c(c(C)cc(OC)c13)C(Cl)=C2Cl. The summed E-state index contributed by atoms with van der Waals surface area (Å²) in [6, 6.07) is 3.94. The maximum atomic E-state index is 6.43. The number of aryl methyl sites for hydroxylation is 2. The van der Waals surface area contributed by atoms with Crippen molar-refractivity contribution in [1.82, 2.24) is 0 Å². The lowest BCUT2D eigenvalue weighted by Crippen LogP contribution is -1.96. The highest BCUT2D eigenvalue weighted by atomic mass is 35.5. The summed E-state index contributed by atoms with van der Waals surface area (Å²) in [4.78, 5) is 0. The molecule has 3 rings (SSSR count).